The molecular formula is C19H27Cl3N6O2. The second kappa shape index (κ2) is 12.1. The van der Waals surface area contributed by atoms with Crippen LogP contribution in [0.4, 0.5) is 23.1 Å². The molecular weight excluding hydrogens is 451 g/mol. The third-order valence-corrected chi connectivity index (χ3v) is 5.19. The molecule has 11 heteroatoms. The van der Waals surface area contributed by atoms with Crippen molar-refractivity contribution in [3.8, 4) is 0 Å². The second-order valence-electron chi connectivity index (χ2n) is 6.91. The summed E-state index contributed by atoms with van der Waals surface area (Å²) >= 11 is 5.90. The van der Waals surface area contributed by atoms with Gasteiger partial charge in [0, 0.05) is 42.6 Å². The molecule has 166 valence electrons. The Kier molecular flexibility index (Phi) is 10.6. The van der Waals surface area contributed by atoms with E-state index in [1.54, 1.807) is 6.07 Å². The van der Waals surface area contributed by atoms with Crippen LogP contribution < -0.4 is 15.5 Å². The van der Waals surface area contributed by atoms with Gasteiger partial charge in [-0.3, -0.25) is 10.1 Å². The first kappa shape index (κ1) is 26.2. The zero-order valence-electron chi connectivity index (χ0n) is 16.9. The number of likely N-dealkylation sites (N-methyl/N-ethyl adjacent to an activating group) is 1. The maximum absolute atomic E-state index is 11.1. The number of hydrogen-bond acceptors (Lipinski definition) is 7. The van der Waals surface area contributed by atoms with Crippen LogP contribution >= 0.6 is 36.4 Å². The Balaban J connectivity index is 0.00000225. The van der Waals surface area contributed by atoms with Crippen molar-refractivity contribution in [3.63, 3.8) is 0 Å². The monoisotopic (exact) mass is 476 g/mol. The van der Waals surface area contributed by atoms with Gasteiger partial charge in [0.1, 0.15) is 10.8 Å². The van der Waals surface area contributed by atoms with Gasteiger partial charge in [-0.25, -0.2) is 4.98 Å². The molecule has 1 saturated heterocycles. The molecule has 1 atom stereocenters. The van der Waals surface area contributed by atoms with Crippen molar-refractivity contribution >= 4 is 59.6 Å². The highest BCUT2D eigenvalue weighted by Crippen LogP contribution is 2.29. The van der Waals surface area contributed by atoms with E-state index in [1.165, 1.54) is 12.1 Å². The van der Waals surface area contributed by atoms with Crippen LogP contribution in [0, 0.1) is 10.1 Å². The number of rotatable bonds is 8. The molecule has 0 aliphatic carbocycles. The predicted octanol–water partition coefficient (Wildman–Crippen LogP) is 4.77. The van der Waals surface area contributed by atoms with Crippen LogP contribution in [0.5, 0.6) is 0 Å². The number of anilines is 3. The van der Waals surface area contributed by atoms with Gasteiger partial charge in [-0.15, -0.1) is 24.8 Å². The topological polar surface area (TPSA) is 96.2 Å². The van der Waals surface area contributed by atoms with E-state index in [0.717, 1.165) is 50.3 Å². The number of nitrogens with zero attached hydrogens (tertiary/aromatic N) is 4. The van der Waals surface area contributed by atoms with Gasteiger partial charge in [-0.05, 0) is 38.4 Å². The summed E-state index contributed by atoms with van der Waals surface area (Å²) in [6.07, 6.45) is 4.06. The lowest BCUT2D eigenvalue weighted by atomic mass is 10.2. The van der Waals surface area contributed by atoms with Crippen molar-refractivity contribution in [3.05, 3.63) is 45.1 Å². The van der Waals surface area contributed by atoms with Crippen molar-refractivity contribution in [1.29, 1.82) is 0 Å². The fourth-order valence-corrected chi connectivity index (χ4v) is 3.44. The number of aryl methyl sites for hydroxylation is 1. The Morgan fingerprint density at radius 3 is 2.70 bits per heavy atom. The quantitative estimate of drug-likeness (QED) is 0.418. The zero-order valence-corrected chi connectivity index (χ0v) is 19.3. The summed E-state index contributed by atoms with van der Waals surface area (Å²) in [4.78, 5) is 22.1. The summed E-state index contributed by atoms with van der Waals surface area (Å²) in [6.45, 7) is 3.97. The standard InChI is InChI=1S/C19H25ClN6O2.2ClH/c1-3-4-5-13-11-18(25-9-8-15(12-25)21-2)24-19(22-13)23-14-6-7-16(20)17(10-14)26(27)28;;/h6-7,10-11,15,21H,3-5,8-9,12H2,1-2H3,(H,22,23,24);2*1H. The molecule has 1 aliphatic heterocycles. The number of halogens is 3. The molecule has 1 aromatic heterocycles. The lowest BCUT2D eigenvalue weighted by Crippen LogP contribution is -2.30. The predicted molar refractivity (Wildman–Crippen MR) is 126 cm³/mol. The zero-order chi connectivity index (χ0) is 20.1. The van der Waals surface area contributed by atoms with Crippen LogP contribution in [-0.4, -0.2) is 41.1 Å². The molecule has 1 fully saturated rings. The minimum Gasteiger partial charge on any atom is -0.355 e. The van der Waals surface area contributed by atoms with Crippen LogP contribution in [-0.2, 0) is 6.42 Å². The van der Waals surface area contributed by atoms with Gasteiger partial charge >= 0.3 is 0 Å². The summed E-state index contributed by atoms with van der Waals surface area (Å²) in [5.41, 5.74) is 1.35. The maximum atomic E-state index is 11.1. The van der Waals surface area contributed by atoms with Crippen molar-refractivity contribution in [1.82, 2.24) is 15.3 Å². The molecule has 0 spiro atoms. The fourth-order valence-electron chi connectivity index (χ4n) is 3.25. The van der Waals surface area contributed by atoms with Crippen LogP contribution in [0.1, 0.15) is 31.9 Å². The third-order valence-electron chi connectivity index (χ3n) is 4.87. The minimum absolute atomic E-state index is 0. The van der Waals surface area contributed by atoms with Gasteiger partial charge < -0.3 is 15.5 Å². The Morgan fingerprint density at radius 1 is 1.30 bits per heavy atom. The average molecular weight is 478 g/mol. The highest BCUT2D eigenvalue weighted by Gasteiger charge is 2.23. The minimum atomic E-state index is -0.500. The van der Waals surface area contributed by atoms with E-state index in [2.05, 4.69) is 32.4 Å². The molecule has 2 aromatic rings. The summed E-state index contributed by atoms with van der Waals surface area (Å²) in [6, 6.07) is 7.08. The molecule has 0 bridgehead atoms. The summed E-state index contributed by atoms with van der Waals surface area (Å²) in [5, 5.41) is 17.7. The highest BCUT2D eigenvalue weighted by atomic mass is 35.5. The second-order valence-corrected chi connectivity index (χ2v) is 7.32. The third kappa shape index (κ3) is 6.57. The van der Waals surface area contributed by atoms with Crippen LogP contribution in [0.15, 0.2) is 24.3 Å². The number of unbranched alkanes of at least 4 members (excludes halogenated alkanes) is 1. The lowest BCUT2D eigenvalue weighted by molar-refractivity contribution is -0.384. The van der Waals surface area contributed by atoms with Crippen molar-refractivity contribution in [2.24, 2.45) is 0 Å². The molecule has 0 saturated carbocycles. The molecule has 8 nitrogen and oxygen atoms in total. The Hall–Kier alpha value is -1.87. The molecule has 1 aliphatic rings. The molecule has 2 heterocycles. The SMILES string of the molecule is CCCCc1cc(N2CCC(NC)C2)nc(Nc2ccc(Cl)c([N+](=O)[O-])c2)n1.Cl.Cl. The van der Waals surface area contributed by atoms with E-state index in [-0.39, 0.29) is 35.5 Å². The van der Waals surface area contributed by atoms with E-state index in [0.29, 0.717) is 17.7 Å². The van der Waals surface area contributed by atoms with E-state index in [9.17, 15) is 10.1 Å². The molecule has 1 unspecified atom stereocenters. The van der Waals surface area contributed by atoms with Gasteiger partial charge in [0.15, 0.2) is 0 Å². The molecule has 1 aromatic carbocycles. The summed E-state index contributed by atoms with van der Waals surface area (Å²) in [5.74, 6) is 1.32. The Bertz CT molecular complexity index is 855. The normalized spacial score (nSPS) is 15.3. The molecule has 3 rings (SSSR count). The van der Waals surface area contributed by atoms with Gasteiger partial charge in [0.05, 0.1) is 4.92 Å². The van der Waals surface area contributed by atoms with E-state index < -0.39 is 4.92 Å². The van der Waals surface area contributed by atoms with E-state index in [4.69, 9.17) is 11.6 Å². The van der Waals surface area contributed by atoms with Crippen molar-refractivity contribution < 1.29 is 4.92 Å². The lowest BCUT2D eigenvalue weighted by Gasteiger charge is -2.19. The summed E-state index contributed by atoms with van der Waals surface area (Å²) in [7, 11) is 1.97. The molecule has 0 radical (unpaired) electrons. The largest absolute Gasteiger partial charge is 0.355 e. The number of nitrogens with one attached hydrogen (secondary N) is 2. The average Bonchev–Trinajstić information content (AvgIpc) is 3.17. The number of hydrogen-bond donors (Lipinski definition) is 2. The number of aromatic nitrogens is 2. The van der Waals surface area contributed by atoms with Crippen LogP contribution in [0.2, 0.25) is 5.02 Å². The highest BCUT2D eigenvalue weighted by molar-refractivity contribution is 6.32. The number of benzene rings is 1. The van der Waals surface area contributed by atoms with Crippen LogP contribution in [0.3, 0.4) is 0 Å². The van der Waals surface area contributed by atoms with Gasteiger partial charge in [0.2, 0.25) is 5.95 Å². The molecule has 30 heavy (non-hydrogen) atoms. The van der Waals surface area contributed by atoms with Crippen molar-refractivity contribution in [2.75, 3.05) is 30.4 Å². The first-order chi connectivity index (χ1) is 13.5. The first-order valence-electron chi connectivity index (χ1n) is 9.51. The fraction of sp³-hybridized carbons (Fsp3) is 0.474. The van der Waals surface area contributed by atoms with Crippen LogP contribution in [0.25, 0.3) is 0 Å². The molecule has 2 N–H and O–H groups in total. The van der Waals surface area contributed by atoms with Crippen molar-refractivity contribution in [2.45, 2.75) is 38.6 Å². The number of nitro benzene ring substituents is 1. The Labute approximate surface area is 193 Å². The Morgan fingerprint density at radius 2 is 2.07 bits per heavy atom. The van der Waals surface area contributed by atoms with Gasteiger partial charge in [0.25, 0.3) is 5.69 Å². The summed E-state index contributed by atoms with van der Waals surface area (Å²) < 4.78 is 0. The number of nitro groups is 1. The van der Waals surface area contributed by atoms with E-state index >= 15 is 0 Å². The molecule has 0 amide bonds. The van der Waals surface area contributed by atoms with Gasteiger partial charge in [-0.2, -0.15) is 4.98 Å². The van der Waals surface area contributed by atoms with Gasteiger partial charge in [-0.1, -0.05) is 24.9 Å². The van der Waals surface area contributed by atoms with E-state index in [1.807, 2.05) is 13.1 Å². The smallest absolute Gasteiger partial charge is 0.289 e. The maximum Gasteiger partial charge on any atom is 0.289 e. The first-order valence-corrected chi connectivity index (χ1v) is 9.89.